The summed E-state index contributed by atoms with van der Waals surface area (Å²) < 4.78 is 52.6. The lowest BCUT2D eigenvalue weighted by atomic mass is 10.1. The van der Waals surface area contributed by atoms with Gasteiger partial charge in [0.1, 0.15) is 24.3 Å². The third-order valence-electron chi connectivity index (χ3n) is 6.52. The van der Waals surface area contributed by atoms with E-state index >= 15 is 0 Å². The second kappa shape index (κ2) is 11.9. The number of ether oxygens (including phenoxy) is 4. The molecule has 4 rings (SSSR count). The quantitative estimate of drug-likeness (QED) is 0.318. The first-order chi connectivity index (χ1) is 18.9. The third-order valence-corrected chi connectivity index (χ3v) is 8.75. The zero-order valence-corrected chi connectivity index (χ0v) is 25.1. The molecule has 40 heavy (non-hydrogen) atoms. The van der Waals surface area contributed by atoms with E-state index in [2.05, 4.69) is 30.1 Å². The molecule has 3 atom stereocenters. The summed E-state index contributed by atoms with van der Waals surface area (Å²) in [6.07, 6.45) is 3.83. The Morgan fingerprint density at radius 1 is 1.07 bits per heavy atom. The molecule has 15 heteroatoms. The van der Waals surface area contributed by atoms with E-state index in [1.807, 2.05) is 27.7 Å². The molecule has 3 aromatic rings. The normalized spacial score (nSPS) is 18.6. The number of hydrogen-bond acceptors (Lipinski definition) is 12. The molecular formula is C25H34ClN7O6S. The molecule has 0 bridgehead atoms. The maximum absolute atomic E-state index is 13.9. The van der Waals surface area contributed by atoms with Crippen LogP contribution in [-0.2, 0) is 25.1 Å². The zero-order valence-electron chi connectivity index (χ0n) is 23.5. The fourth-order valence-electron chi connectivity index (χ4n) is 4.52. The zero-order chi connectivity index (χ0) is 29.2. The molecular weight excluding hydrogens is 562 g/mol. The summed E-state index contributed by atoms with van der Waals surface area (Å²) in [5.41, 5.74) is -0.113. The predicted molar refractivity (Wildman–Crippen MR) is 145 cm³/mol. The second-order valence-corrected chi connectivity index (χ2v) is 13.1. The number of sulfone groups is 1. The second-order valence-electron chi connectivity index (χ2n) is 10.3. The summed E-state index contributed by atoms with van der Waals surface area (Å²) in [5, 5.41) is 7.96. The molecule has 1 aliphatic heterocycles. The Balaban J connectivity index is 1.80. The molecule has 1 fully saturated rings. The lowest BCUT2D eigenvalue weighted by Gasteiger charge is -2.25. The van der Waals surface area contributed by atoms with Crippen LogP contribution in [0.4, 0.5) is 0 Å². The van der Waals surface area contributed by atoms with Crippen molar-refractivity contribution in [2.45, 2.75) is 82.4 Å². The van der Waals surface area contributed by atoms with Gasteiger partial charge in [0.2, 0.25) is 11.8 Å². The van der Waals surface area contributed by atoms with Crippen LogP contribution in [0.15, 0.2) is 18.7 Å². The Morgan fingerprint density at radius 2 is 1.70 bits per heavy atom. The van der Waals surface area contributed by atoms with Crippen molar-refractivity contribution >= 4 is 21.4 Å². The van der Waals surface area contributed by atoms with Crippen LogP contribution in [0.5, 0.6) is 11.8 Å². The van der Waals surface area contributed by atoms with E-state index in [0.29, 0.717) is 17.3 Å². The number of methoxy groups -OCH3 is 2. The van der Waals surface area contributed by atoms with Crippen molar-refractivity contribution in [3.8, 4) is 17.4 Å². The SMILES string of the molecule is COc1ncnc(OC)c1-n1c(CS(=O)(=O)[C@@H](C)[C@@H](OC(C)C)c2ncc(Cl)cn2)nnc1[C@H]1CCC(C)(C)O1. The summed E-state index contributed by atoms with van der Waals surface area (Å²) in [5.74, 6) is 0.537. The number of rotatable bonds is 11. The van der Waals surface area contributed by atoms with Gasteiger partial charge in [-0.1, -0.05) is 11.6 Å². The Bertz CT molecular complexity index is 1410. The maximum Gasteiger partial charge on any atom is 0.245 e. The van der Waals surface area contributed by atoms with Crippen molar-refractivity contribution in [2.75, 3.05) is 14.2 Å². The van der Waals surface area contributed by atoms with E-state index in [-0.39, 0.29) is 40.8 Å². The Kier molecular flexibility index (Phi) is 8.93. The molecule has 13 nitrogen and oxygen atoms in total. The highest BCUT2D eigenvalue weighted by atomic mass is 35.5. The number of aromatic nitrogens is 7. The first-order valence-corrected chi connectivity index (χ1v) is 14.9. The minimum atomic E-state index is -3.94. The third kappa shape index (κ3) is 6.35. The first kappa shape index (κ1) is 30.0. The van der Waals surface area contributed by atoms with Crippen molar-refractivity contribution in [3.63, 3.8) is 0 Å². The average Bonchev–Trinajstić information content (AvgIpc) is 3.48. The molecule has 0 amide bonds. The van der Waals surface area contributed by atoms with Gasteiger partial charge in [-0.05, 0) is 47.5 Å². The van der Waals surface area contributed by atoms with Gasteiger partial charge in [-0.25, -0.2) is 18.4 Å². The van der Waals surface area contributed by atoms with Crippen LogP contribution in [0.2, 0.25) is 5.02 Å². The van der Waals surface area contributed by atoms with Crippen LogP contribution in [0, 0.1) is 0 Å². The van der Waals surface area contributed by atoms with Crippen LogP contribution >= 0.6 is 11.6 Å². The van der Waals surface area contributed by atoms with Crippen molar-refractivity contribution < 1.29 is 27.4 Å². The topological polar surface area (TPSA) is 153 Å². The molecule has 1 aliphatic rings. The molecule has 0 spiro atoms. The van der Waals surface area contributed by atoms with Crippen molar-refractivity contribution in [1.82, 2.24) is 34.7 Å². The van der Waals surface area contributed by atoms with Crippen molar-refractivity contribution in [2.24, 2.45) is 0 Å². The number of halogens is 1. The number of nitrogens with zero attached hydrogens (tertiary/aromatic N) is 7. The van der Waals surface area contributed by atoms with Crippen LogP contribution in [0.3, 0.4) is 0 Å². The van der Waals surface area contributed by atoms with Crippen LogP contribution in [0.1, 0.15) is 77.1 Å². The van der Waals surface area contributed by atoms with Gasteiger partial charge in [-0.2, -0.15) is 9.97 Å². The molecule has 0 N–H and O–H groups in total. The lowest BCUT2D eigenvalue weighted by molar-refractivity contribution is -0.0207. The highest BCUT2D eigenvalue weighted by molar-refractivity contribution is 7.91. The minimum Gasteiger partial charge on any atom is -0.479 e. The van der Waals surface area contributed by atoms with E-state index in [1.54, 1.807) is 11.5 Å². The van der Waals surface area contributed by atoms with Gasteiger partial charge in [0.25, 0.3) is 0 Å². The van der Waals surface area contributed by atoms with Crippen molar-refractivity contribution in [3.05, 3.63) is 41.2 Å². The van der Waals surface area contributed by atoms with Gasteiger partial charge in [0.05, 0.1) is 36.2 Å². The largest absolute Gasteiger partial charge is 0.479 e. The van der Waals surface area contributed by atoms with Gasteiger partial charge < -0.3 is 18.9 Å². The number of hydrogen-bond donors (Lipinski definition) is 0. The van der Waals surface area contributed by atoms with Gasteiger partial charge in [0.15, 0.2) is 33.0 Å². The molecule has 0 aromatic carbocycles. The van der Waals surface area contributed by atoms with Crippen molar-refractivity contribution in [1.29, 1.82) is 0 Å². The standard InChI is InChI=1S/C25H34ClN7O6S/c1-14(2)38-20(21-27-10-16(26)11-28-21)15(3)40(34,35)12-18-31-32-22(17-8-9-25(4,5)39-17)33(18)19-23(36-6)29-13-30-24(19)37-7/h10-11,13-15,17,20H,8-9,12H2,1-7H3/t15-,17+,20+/m0/s1. The first-order valence-electron chi connectivity index (χ1n) is 12.8. The van der Waals surface area contributed by atoms with E-state index in [1.165, 1.54) is 32.9 Å². The highest BCUT2D eigenvalue weighted by Gasteiger charge is 2.40. The Morgan fingerprint density at radius 3 is 2.23 bits per heavy atom. The van der Waals surface area contributed by atoms with Gasteiger partial charge in [0, 0.05) is 12.4 Å². The molecule has 0 unspecified atom stereocenters. The maximum atomic E-state index is 13.9. The summed E-state index contributed by atoms with van der Waals surface area (Å²) >= 11 is 5.95. The summed E-state index contributed by atoms with van der Waals surface area (Å²) in [6, 6.07) is 0. The monoisotopic (exact) mass is 595 g/mol. The Labute approximate surface area is 238 Å². The minimum absolute atomic E-state index is 0.113. The lowest BCUT2D eigenvalue weighted by Crippen LogP contribution is -2.32. The fourth-order valence-corrected chi connectivity index (χ4v) is 5.99. The van der Waals surface area contributed by atoms with Gasteiger partial charge in [-0.3, -0.25) is 4.57 Å². The van der Waals surface area contributed by atoms with Crippen LogP contribution < -0.4 is 9.47 Å². The fraction of sp³-hybridized carbons (Fsp3) is 0.600. The van der Waals surface area contributed by atoms with E-state index in [0.717, 1.165) is 6.42 Å². The molecule has 3 aromatic heterocycles. The Hall–Kier alpha value is -2.94. The van der Waals surface area contributed by atoms with E-state index in [4.69, 9.17) is 30.5 Å². The van der Waals surface area contributed by atoms with Gasteiger partial charge >= 0.3 is 0 Å². The predicted octanol–water partition coefficient (Wildman–Crippen LogP) is 3.62. The van der Waals surface area contributed by atoms with Crippen LogP contribution in [-0.4, -0.2) is 74.3 Å². The van der Waals surface area contributed by atoms with E-state index in [9.17, 15) is 8.42 Å². The molecule has 0 saturated carbocycles. The smallest absolute Gasteiger partial charge is 0.245 e. The molecule has 0 radical (unpaired) electrons. The van der Waals surface area contributed by atoms with Gasteiger partial charge in [-0.15, -0.1) is 10.2 Å². The van der Waals surface area contributed by atoms with Crippen LogP contribution in [0.25, 0.3) is 5.69 Å². The molecule has 4 heterocycles. The summed E-state index contributed by atoms with van der Waals surface area (Å²) in [6.45, 7) is 9.14. The van der Waals surface area contributed by atoms with E-state index < -0.39 is 33.0 Å². The summed E-state index contributed by atoms with van der Waals surface area (Å²) in [4.78, 5) is 16.9. The highest BCUT2D eigenvalue weighted by Crippen LogP contribution is 2.41. The average molecular weight is 596 g/mol. The summed E-state index contributed by atoms with van der Waals surface area (Å²) in [7, 11) is -1.05. The molecule has 1 saturated heterocycles. The molecule has 218 valence electrons. The molecule has 0 aliphatic carbocycles.